The van der Waals surface area contributed by atoms with Crippen molar-refractivity contribution < 1.29 is 13.2 Å². The fourth-order valence-corrected chi connectivity index (χ4v) is 1.96. The largest absolute Gasteiger partial charge is 0.416 e. The van der Waals surface area contributed by atoms with Crippen LogP contribution in [0.25, 0.3) is 0 Å². The van der Waals surface area contributed by atoms with Crippen LogP contribution in [-0.4, -0.2) is 18.1 Å². The van der Waals surface area contributed by atoms with Gasteiger partial charge in [-0.2, -0.15) is 13.2 Å². The molecule has 1 aromatic rings. The van der Waals surface area contributed by atoms with E-state index in [1.54, 1.807) is 11.9 Å². The number of nitrogen functional groups attached to an aromatic ring is 1. The number of nitrogens with two attached hydrogens (primary N) is 1. The third-order valence-corrected chi connectivity index (χ3v) is 3.14. The summed E-state index contributed by atoms with van der Waals surface area (Å²) in [5.41, 5.74) is 1.41. The van der Waals surface area contributed by atoms with Crippen molar-refractivity contribution >= 4 is 11.6 Å². The van der Waals surface area contributed by atoms with Gasteiger partial charge in [-0.3, -0.25) is 0 Å². The molecule has 0 amide bonds. The van der Waals surface area contributed by atoms with E-state index in [2.05, 4.69) is 10.4 Å². The summed E-state index contributed by atoms with van der Waals surface area (Å²) < 4.78 is 38.4. The van der Waals surface area contributed by atoms with Gasteiger partial charge in [0.2, 0.25) is 0 Å². The molecule has 0 aromatic carbocycles. The number of anilines is 2. The van der Waals surface area contributed by atoms with E-state index in [9.17, 15) is 13.2 Å². The summed E-state index contributed by atoms with van der Waals surface area (Å²) in [5.74, 6) is 5.44. The van der Waals surface area contributed by atoms with Crippen molar-refractivity contribution in [3.05, 3.63) is 17.7 Å². The minimum atomic E-state index is -4.42. The summed E-state index contributed by atoms with van der Waals surface area (Å²) in [6.45, 7) is 3.97. The smallest absolute Gasteiger partial charge is 0.357 e. The topological polar surface area (TPSA) is 54.2 Å². The number of hydrazine groups is 1. The van der Waals surface area contributed by atoms with Gasteiger partial charge in [-0.15, -0.1) is 0 Å². The third-order valence-electron chi connectivity index (χ3n) is 3.14. The maximum absolute atomic E-state index is 12.8. The van der Waals surface area contributed by atoms with Gasteiger partial charge >= 0.3 is 6.18 Å². The summed E-state index contributed by atoms with van der Waals surface area (Å²) in [7, 11) is 1.74. The van der Waals surface area contributed by atoms with Crippen molar-refractivity contribution in [1.29, 1.82) is 0 Å². The first-order valence-corrected chi connectivity index (χ1v) is 6.12. The molecule has 0 atom stereocenters. The fraction of sp³-hybridized carbons (Fsp3) is 0.583. The van der Waals surface area contributed by atoms with Crippen molar-refractivity contribution in [2.45, 2.75) is 38.9 Å². The molecule has 1 heterocycles. The average Bonchev–Trinajstić information content (AvgIpc) is 2.38. The van der Waals surface area contributed by atoms with Crippen LogP contribution < -0.4 is 16.2 Å². The van der Waals surface area contributed by atoms with Crippen molar-refractivity contribution in [3.63, 3.8) is 0 Å². The normalized spacial score (nSPS) is 11.8. The van der Waals surface area contributed by atoms with E-state index in [0.29, 0.717) is 0 Å². The number of alkyl halides is 3. The molecule has 0 spiro atoms. The van der Waals surface area contributed by atoms with Crippen LogP contribution in [0.1, 0.15) is 32.3 Å². The monoisotopic (exact) mass is 276 g/mol. The van der Waals surface area contributed by atoms with Crippen LogP contribution in [0.2, 0.25) is 0 Å². The summed E-state index contributed by atoms with van der Waals surface area (Å²) in [4.78, 5) is 5.82. The number of nitrogens with one attached hydrogen (secondary N) is 1. The Morgan fingerprint density at radius 1 is 1.32 bits per heavy atom. The van der Waals surface area contributed by atoms with E-state index < -0.39 is 11.7 Å². The lowest BCUT2D eigenvalue weighted by atomic mass is 10.1. The molecule has 0 radical (unpaired) electrons. The van der Waals surface area contributed by atoms with Gasteiger partial charge in [-0.25, -0.2) is 10.8 Å². The first-order valence-electron chi connectivity index (χ1n) is 6.12. The molecule has 3 N–H and O–H groups in total. The van der Waals surface area contributed by atoms with Crippen LogP contribution >= 0.6 is 0 Å². The van der Waals surface area contributed by atoms with Gasteiger partial charge in [0.05, 0.1) is 5.56 Å². The number of pyridine rings is 1. The number of hydrogen-bond donors (Lipinski definition) is 2. The Bertz CT molecular complexity index is 416. The molecule has 19 heavy (non-hydrogen) atoms. The molecule has 0 saturated carbocycles. The quantitative estimate of drug-likeness (QED) is 0.641. The van der Waals surface area contributed by atoms with Gasteiger partial charge in [0.1, 0.15) is 11.6 Å². The second kappa shape index (κ2) is 6.10. The lowest BCUT2D eigenvalue weighted by molar-refractivity contribution is -0.137. The minimum Gasteiger partial charge on any atom is -0.357 e. The zero-order chi connectivity index (χ0) is 14.6. The molecular formula is C12H19F3N4. The van der Waals surface area contributed by atoms with Gasteiger partial charge in [0.25, 0.3) is 0 Å². The molecule has 1 rings (SSSR count). The molecule has 0 unspecified atom stereocenters. The van der Waals surface area contributed by atoms with E-state index in [4.69, 9.17) is 5.84 Å². The van der Waals surface area contributed by atoms with Crippen LogP contribution in [0.5, 0.6) is 0 Å². The fourth-order valence-electron chi connectivity index (χ4n) is 1.96. The standard InChI is InChI=1S/C12H19F3N4/c1-4-9(5-2)19(3)11-7-8(12(13,14)15)6-10(17-11)18-16/h6-7,9H,4-5,16H2,1-3H3,(H,17,18). The Morgan fingerprint density at radius 3 is 2.32 bits per heavy atom. The molecule has 4 nitrogen and oxygen atoms in total. The Morgan fingerprint density at radius 2 is 1.89 bits per heavy atom. The van der Waals surface area contributed by atoms with E-state index in [1.165, 1.54) is 0 Å². The first-order chi connectivity index (χ1) is 8.83. The Balaban J connectivity index is 3.20. The molecule has 0 aliphatic carbocycles. The number of hydrogen-bond acceptors (Lipinski definition) is 4. The molecule has 7 heteroatoms. The van der Waals surface area contributed by atoms with E-state index in [-0.39, 0.29) is 17.7 Å². The van der Waals surface area contributed by atoms with Crippen LogP contribution in [0.3, 0.4) is 0 Å². The van der Waals surface area contributed by atoms with Gasteiger partial charge in [0, 0.05) is 13.1 Å². The van der Waals surface area contributed by atoms with E-state index in [1.807, 2.05) is 13.8 Å². The highest BCUT2D eigenvalue weighted by molar-refractivity contribution is 5.51. The van der Waals surface area contributed by atoms with Crippen LogP contribution in [0.4, 0.5) is 24.8 Å². The van der Waals surface area contributed by atoms with Crippen molar-refractivity contribution in [3.8, 4) is 0 Å². The molecule has 0 fully saturated rings. The first kappa shape index (κ1) is 15.6. The van der Waals surface area contributed by atoms with Gasteiger partial charge in [-0.05, 0) is 25.0 Å². The zero-order valence-electron chi connectivity index (χ0n) is 11.3. The highest BCUT2D eigenvalue weighted by Gasteiger charge is 2.32. The minimum absolute atomic E-state index is 0.00244. The maximum Gasteiger partial charge on any atom is 0.416 e. The molecule has 0 bridgehead atoms. The molecule has 0 saturated heterocycles. The predicted molar refractivity (Wildman–Crippen MR) is 69.8 cm³/mol. The Hall–Kier alpha value is -1.50. The van der Waals surface area contributed by atoms with Crippen LogP contribution in [0.15, 0.2) is 12.1 Å². The third kappa shape index (κ3) is 3.73. The lowest BCUT2D eigenvalue weighted by Gasteiger charge is -2.28. The number of nitrogens with zero attached hydrogens (tertiary/aromatic N) is 2. The zero-order valence-corrected chi connectivity index (χ0v) is 11.3. The summed E-state index contributed by atoms with van der Waals surface area (Å²) in [5, 5.41) is 0. The molecule has 1 aromatic heterocycles. The average molecular weight is 276 g/mol. The lowest BCUT2D eigenvalue weighted by Crippen LogP contribution is -2.31. The van der Waals surface area contributed by atoms with Crippen molar-refractivity contribution in [2.75, 3.05) is 17.4 Å². The van der Waals surface area contributed by atoms with Crippen molar-refractivity contribution in [2.24, 2.45) is 5.84 Å². The predicted octanol–water partition coefficient (Wildman–Crippen LogP) is 3.01. The second-order valence-corrected chi connectivity index (χ2v) is 4.32. The summed E-state index contributed by atoms with van der Waals surface area (Å²) >= 11 is 0. The molecule has 108 valence electrons. The van der Waals surface area contributed by atoms with Gasteiger partial charge in [-0.1, -0.05) is 13.8 Å². The van der Waals surface area contributed by atoms with E-state index in [0.717, 1.165) is 25.0 Å². The highest BCUT2D eigenvalue weighted by atomic mass is 19.4. The van der Waals surface area contributed by atoms with Crippen molar-refractivity contribution in [1.82, 2.24) is 4.98 Å². The summed E-state index contributed by atoms with van der Waals surface area (Å²) in [6, 6.07) is 2.07. The number of rotatable bonds is 5. The van der Waals surface area contributed by atoms with Gasteiger partial charge in [0.15, 0.2) is 0 Å². The number of aromatic nitrogens is 1. The molecular weight excluding hydrogens is 257 g/mol. The number of halogens is 3. The van der Waals surface area contributed by atoms with Crippen LogP contribution in [0, 0.1) is 0 Å². The highest BCUT2D eigenvalue weighted by Crippen LogP contribution is 2.33. The second-order valence-electron chi connectivity index (χ2n) is 4.32. The van der Waals surface area contributed by atoms with Gasteiger partial charge < -0.3 is 10.3 Å². The molecule has 0 aliphatic rings. The van der Waals surface area contributed by atoms with E-state index >= 15 is 0 Å². The maximum atomic E-state index is 12.8. The van der Waals surface area contributed by atoms with Crippen LogP contribution in [-0.2, 0) is 6.18 Å². The molecule has 0 aliphatic heterocycles. The Labute approximate surface area is 110 Å². The Kier molecular flexibility index (Phi) is 4.99. The summed E-state index contributed by atoms with van der Waals surface area (Å²) in [6.07, 6.45) is -2.76. The SMILES string of the molecule is CCC(CC)N(C)c1cc(C(F)(F)F)cc(NN)n1.